The molecule has 0 unspecified atom stereocenters. The lowest BCUT2D eigenvalue weighted by Crippen LogP contribution is -2.61. The zero-order valence-electron chi connectivity index (χ0n) is 20.9. The first-order chi connectivity index (χ1) is 16.8. The highest BCUT2D eigenvalue weighted by molar-refractivity contribution is 5.88. The largest absolute Gasteiger partial charge is 0.358 e. The second-order valence-electron chi connectivity index (χ2n) is 9.41. The zero-order chi connectivity index (χ0) is 25.8. The van der Waals surface area contributed by atoms with Gasteiger partial charge >= 0.3 is 6.03 Å². The van der Waals surface area contributed by atoms with Crippen molar-refractivity contribution in [2.75, 3.05) is 20.1 Å². The molecule has 0 bridgehead atoms. The first-order valence-electron chi connectivity index (χ1n) is 12.6. The van der Waals surface area contributed by atoms with Crippen LogP contribution in [-0.4, -0.2) is 83.4 Å². The normalized spacial score (nSPS) is 21.8. The Kier molecular flexibility index (Phi) is 11.8. The van der Waals surface area contributed by atoms with Crippen LogP contribution in [0.15, 0.2) is 0 Å². The standard InChI is InChI=1S/C18H28N4O4.C6H11NO2/c23-13-15-7-4-11-21-17(25)10-12-20(18(26)22(15)21)19-16(24)9-8-14-5-2-1-3-6-14;1-5(9)3-6(4-8)7-2/h13-15H,1-12H2,(H,19,24);4,6-7H,3H2,1-2H3/t15-;6-/m00/s1. The molecule has 3 aliphatic rings. The van der Waals surface area contributed by atoms with E-state index in [1.165, 1.54) is 54.1 Å². The number of likely N-dealkylation sites (N-methyl/N-ethyl adjacent to an activating group) is 1. The van der Waals surface area contributed by atoms with Crippen molar-refractivity contribution in [2.45, 2.75) is 89.6 Å². The third-order valence-electron chi connectivity index (χ3n) is 6.67. The lowest BCUT2D eigenvalue weighted by molar-refractivity contribution is -0.151. The Morgan fingerprint density at radius 2 is 1.77 bits per heavy atom. The van der Waals surface area contributed by atoms with Crippen molar-refractivity contribution in [2.24, 2.45) is 5.92 Å². The van der Waals surface area contributed by atoms with Gasteiger partial charge in [0.05, 0.1) is 12.6 Å². The van der Waals surface area contributed by atoms with Crippen LogP contribution in [0.4, 0.5) is 4.79 Å². The summed E-state index contributed by atoms with van der Waals surface area (Å²) in [5.41, 5.74) is 2.65. The van der Waals surface area contributed by atoms with Crippen LogP contribution >= 0.6 is 0 Å². The lowest BCUT2D eigenvalue weighted by atomic mass is 9.86. The summed E-state index contributed by atoms with van der Waals surface area (Å²) >= 11 is 0. The molecule has 3 fully saturated rings. The van der Waals surface area contributed by atoms with E-state index in [9.17, 15) is 28.8 Å². The van der Waals surface area contributed by atoms with Crippen molar-refractivity contribution < 1.29 is 28.8 Å². The van der Waals surface area contributed by atoms with E-state index in [1.807, 2.05) is 0 Å². The molecule has 0 aromatic carbocycles. The number of hydrazine groups is 2. The van der Waals surface area contributed by atoms with Crippen LogP contribution in [0.1, 0.15) is 77.6 Å². The molecule has 2 N–H and O–H groups in total. The molecule has 2 aliphatic heterocycles. The summed E-state index contributed by atoms with van der Waals surface area (Å²) in [7, 11) is 1.65. The summed E-state index contributed by atoms with van der Waals surface area (Å²) in [5, 5.41) is 6.47. The first kappa shape index (κ1) is 28.4. The summed E-state index contributed by atoms with van der Waals surface area (Å²) in [6.07, 6.45) is 10.4. The monoisotopic (exact) mass is 493 g/mol. The molecule has 1 saturated carbocycles. The summed E-state index contributed by atoms with van der Waals surface area (Å²) in [6.45, 7) is 2.03. The van der Waals surface area contributed by atoms with Crippen LogP contribution in [0.2, 0.25) is 0 Å². The molecule has 2 saturated heterocycles. The Bertz CT molecular complexity index is 770. The highest BCUT2D eigenvalue weighted by Crippen LogP contribution is 2.27. The topological polar surface area (TPSA) is 136 Å². The molecule has 11 heteroatoms. The highest BCUT2D eigenvalue weighted by Gasteiger charge is 2.40. The number of hydrogen-bond donors (Lipinski definition) is 2. The Balaban J connectivity index is 0.000000410. The molecular formula is C24H39N5O6. The van der Waals surface area contributed by atoms with Gasteiger partial charge in [0, 0.05) is 25.8 Å². The molecule has 11 nitrogen and oxygen atoms in total. The maximum atomic E-state index is 12.8. The Hall–Kier alpha value is -2.82. The van der Waals surface area contributed by atoms with E-state index in [0.717, 1.165) is 12.7 Å². The van der Waals surface area contributed by atoms with Gasteiger partial charge in [0.2, 0.25) is 11.8 Å². The van der Waals surface area contributed by atoms with E-state index in [4.69, 9.17) is 0 Å². The molecule has 0 radical (unpaired) electrons. The first-order valence-corrected chi connectivity index (χ1v) is 12.6. The van der Waals surface area contributed by atoms with Crippen LogP contribution in [0, 0.1) is 5.92 Å². The summed E-state index contributed by atoms with van der Waals surface area (Å²) in [6, 6.07) is -1.46. The average molecular weight is 494 g/mol. The number of carbonyl (C=O) groups excluding carboxylic acids is 6. The molecule has 2 heterocycles. The van der Waals surface area contributed by atoms with Gasteiger partial charge in [-0.3, -0.25) is 19.8 Å². The second kappa shape index (κ2) is 14.6. The molecule has 196 valence electrons. The zero-order valence-corrected chi connectivity index (χ0v) is 20.9. The number of nitrogens with zero attached hydrogens (tertiary/aromatic N) is 3. The third-order valence-corrected chi connectivity index (χ3v) is 6.67. The van der Waals surface area contributed by atoms with Crippen molar-refractivity contribution in [3.63, 3.8) is 0 Å². The number of nitrogens with one attached hydrogen (secondary N) is 2. The molecule has 3 rings (SSSR count). The predicted molar refractivity (Wildman–Crippen MR) is 128 cm³/mol. The van der Waals surface area contributed by atoms with Crippen molar-refractivity contribution in [3.8, 4) is 0 Å². The molecule has 0 spiro atoms. The Morgan fingerprint density at radius 1 is 1.06 bits per heavy atom. The Labute approximate surface area is 206 Å². The molecule has 1 aliphatic carbocycles. The SMILES string of the molecule is CN[C@H](C=O)CC(C)=O.O=C[C@@H]1CCCN2C(=O)CCN(NC(=O)CCC3CCCCC3)C(=O)N12. The number of rotatable bonds is 9. The smallest absolute Gasteiger partial charge is 0.310 e. The van der Waals surface area contributed by atoms with E-state index >= 15 is 0 Å². The number of aldehydes is 2. The van der Waals surface area contributed by atoms with Crippen molar-refractivity contribution in [1.82, 2.24) is 25.8 Å². The average Bonchev–Trinajstić information content (AvgIpc) is 2.99. The van der Waals surface area contributed by atoms with Crippen molar-refractivity contribution in [3.05, 3.63) is 0 Å². The summed E-state index contributed by atoms with van der Waals surface area (Å²) in [5.74, 6) is 0.225. The number of fused-ring (bicyclic) bond motifs is 1. The van der Waals surface area contributed by atoms with E-state index in [0.29, 0.717) is 44.4 Å². The van der Waals surface area contributed by atoms with Crippen LogP contribution in [0.25, 0.3) is 0 Å². The maximum absolute atomic E-state index is 12.8. The van der Waals surface area contributed by atoms with Gasteiger partial charge < -0.3 is 14.9 Å². The maximum Gasteiger partial charge on any atom is 0.358 e. The van der Waals surface area contributed by atoms with Crippen molar-refractivity contribution in [1.29, 1.82) is 0 Å². The number of urea groups is 1. The number of hydrogen-bond acceptors (Lipinski definition) is 7. The summed E-state index contributed by atoms with van der Waals surface area (Å²) in [4.78, 5) is 69.2. The summed E-state index contributed by atoms with van der Waals surface area (Å²) < 4.78 is 0. The molecule has 0 aromatic rings. The molecule has 2 atom stereocenters. The van der Waals surface area contributed by atoms with Gasteiger partial charge in [0.15, 0.2) is 0 Å². The third kappa shape index (κ3) is 8.72. The van der Waals surface area contributed by atoms with Crippen LogP contribution < -0.4 is 10.7 Å². The van der Waals surface area contributed by atoms with Crippen LogP contribution in [0.5, 0.6) is 0 Å². The van der Waals surface area contributed by atoms with Crippen LogP contribution in [-0.2, 0) is 24.0 Å². The number of amides is 4. The fourth-order valence-corrected chi connectivity index (χ4v) is 4.68. The van der Waals surface area contributed by atoms with Gasteiger partial charge in [-0.1, -0.05) is 32.1 Å². The quantitative estimate of drug-likeness (QED) is 0.463. The molecule has 35 heavy (non-hydrogen) atoms. The highest BCUT2D eigenvalue weighted by atomic mass is 16.2. The predicted octanol–water partition coefficient (Wildman–Crippen LogP) is 1.36. The van der Waals surface area contributed by atoms with Gasteiger partial charge in [-0.15, -0.1) is 0 Å². The minimum absolute atomic E-state index is 0.0291. The van der Waals surface area contributed by atoms with E-state index < -0.39 is 12.1 Å². The van der Waals surface area contributed by atoms with Crippen molar-refractivity contribution >= 4 is 36.2 Å². The number of ketones is 1. The van der Waals surface area contributed by atoms with Gasteiger partial charge in [0.1, 0.15) is 24.4 Å². The minimum Gasteiger partial charge on any atom is -0.310 e. The molecule has 0 aromatic heterocycles. The molecule has 4 amide bonds. The lowest BCUT2D eigenvalue weighted by Gasteiger charge is -2.41. The van der Waals surface area contributed by atoms with Gasteiger partial charge in [-0.25, -0.2) is 19.8 Å². The Morgan fingerprint density at radius 3 is 2.34 bits per heavy atom. The molecular weight excluding hydrogens is 454 g/mol. The van der Waals surface area contributed by atoms with Gasteiger partial charge in [-0.05, 0) is 39.2 Å². The van der Waals surface area contributed by atoms with Crippen LogP contribution in [0.3, 0.4) is 0 Å². The van der Waals surface area contributed by atoms with E-state index in [2.05, 4.69) is 10.7 Å². The van der Waals surface area contributed by atoms with E-state index in [1.54, 1.807) is 7.05 Å². The van der Waals surface area contributed by atoms with Gasteiger partial charge in [0.25, 0.3) is 0 Å². The second-order valence-corrected chi connectivity index (χ2v) is 9.41. The number of Topliss-reactive ketones (excluding diaryl/α,β-unsaturated/α-hetero) is 1. The van der Waals surface area contributed by atoms with E-state index in [-0.39, 0.29) is 36.6 Å². The number of carbonyl (C=O) groups is 6. The minimum atomic E-state index is -0.653. The fraction of sp³-hybridized carbons (Fsp3) is 0.750. The fourth-order valence-electron chi connectivity index (χ4n) is 4.68. The van der Waals surface area contributed by atoms with Gasteiger partial charge in [-0.2, -0.15) is 0 Å².